The molecule has 0 radical (unpaired) electrons. The van der Waals surface area contributed by atoms with Gasteiger partial charge in [-0.05, 0) is 35.0 Å². The second kappa shape index (κ2) is 10.2. The number of halogens is 2. The van der Waals surface area contributed by atoms with Crippen LogP contribution >= 0.6 is 31.9 Å². The molecule has 21 heavy (non-hydrogen) atoms. The van der Waals surface area contributed by atoms with Gasteiger partial charge in [0, 0.05) is 30.2 Å². The lowest BCUT2D eigenvalue weighted by molar-refractivity contribution is -0.120. The molecule has 0 aliphatic rings. The van der Waals surface area contributed by atoms with Crippen molar-refractivity contribution in [3.8, 4) is 5.75 Å². The number of methoxy groups -OCH3 is 1. The highest BCUT2D eigenvalue weighted by atomic mass is 79.9. The second-order valence-corrected chi connectivity index (χ2v) is 6.03. The van der Waals surface area contributed by atoms with E-state index in [1.165, 1.54) is 0 Å². The number of benzene rings is 1. The minimum Gasteiger partial charge on any atom is -0.492 e. The summed E-state index contributed by atoms with van der Waals surface area (Å²) in [6.45, 7) is 4.35. The Morgan fingerprint density at radius 2 is 2.10 bits per heavy atom. The summed E-state index contributed by atoms with van der Waals surface area (Å²) in [6.07, 6.45) is 0. The van der Waals surface area contributed by atoms with E-state index in [1.54, 1.807) is 7.11 Å². The predicted octanol–water partition coefficient (Wildman–Crippen LogP) is 2.46. The monoisotopic (exact) mass is 422 g/mol. The molecule has 2 N–H and O–H groups in total. The zero-order chi connectivity index (χ0) is 15.7. The third-order valence-corrected chi connectivity index (χ3v) is 3.65. The standard InChI is InChI=1S/C14H20Br2N2O3/c1-3-21-14-10(6-11(15)7-12(14)16)8-17-9-13(19)18-4-5-20-2/h6-7,17H,3-5,8-9H2,1-2H3,(H,18,19). The van der Waals surface area contributed by atoms with Crippen LogP contribution in [0.4, 0.5) is 0 Å². The number of amides is 1. The second-order valence-electron chi connectivity index (χ2n) is 4.26. The highest BCUT2D eigenvalue weighted by Gasteiger charge is 2.10. The van der Waals surface area contributed by atoms with Crippen LogP contribution in [0.1, 0.15) is 12.5 Å². The predicted molar refractivity (Wildman–Crippen MR) is 89.6 cm³/mol. The van der Waals surface area contributed by atoms with E-state index < -0.39 is 0 Å². The number of hydrogen-bond acceptors (Lipinski definition) is 4. The molecule has 5 nitrogen and oxygen atoms in total. The molecule has 1 aromatic carbocycles. The Bertz CT molecular complexity index is 470. The lowest BCUT2D eigenvalue weighted by Gasteiger charge is -2.13. The van der Waals surface area contributed by atoms with E-state index in [0.717, 1.165) is 20.3 Å². The summed E-state index contributed by atoms with van der Waals surface area (Å²) in [7, 11) is 1.60. The Labute approximate surface area is 142 Å². The fraction of sp³-hybridized carbons (Fsp3) is 0.500. The van der Waals surface area contributed by atoms with Gasteiger partial charge in [0.1, 0.15) is 5.75 Å². The highest BCUT2D eigenvalue weighted by Crippen LogP contribution is 2.32. The molecule has 1 aromatic rings. The summed E-state index contributed by atoms with van der Waals surface area (Å²) in [4.78, 5) is 11.6. The molecule has 0 aromatic heterocycles. The SMILES string of the molecule is CCOc1c(Br)cc(Br)cc1CNCC(=O)NCCOC. The average molecular weight is 424 g/mol. The molecule has 0 unspecified atom stereocenters. The van der Waals surface area contributed by atoms with E-state index in [4.69, 9.17) is 9.47 Å². The van der Waals surface area contributed by atoms with E-state index in [2.05, 4.69) is 42.5 Å². The minimum atomic E-state index is -0.0564. The molecule has 0 saturated carbocycles. The number of carbonyl (C=O) groups is 1. The number of rotatable bonds is 9. The van der Waals surface area contributed by atoms with Crippen molar-refractivity contribution < 1.29 is 14.3 Å². The Balaban J connectivity index is 2.52. The number of hydrogen-bond donors (Lipinski definition) is 2. The van der Waals surface area contributed by atoms with Gasteiger partial charge in [0.05, 0.1) is 24.2 Å². The molecule has 0 atom stereocenters. The minimum absolute atomic E-state index is 0.0564. The van der Waals surface area contributed by atoms with Gasteiger partial charge in [0.2, 0.25) is 5.91 Å². The fourth-order valence-electron chi connectivity index (χ4n) is 1.72. The lowest BCUT2D eigenvalue weighted by Crippen LogP contribution is -2.35. The van der Waals surface area contributed by atoms with Crippen LogP contribution < -0.4 is 15.4 Å². The van der Waals surface area contributed by atoms with E-state index in [-0.39, 0.29) is 12.5 Å². The Kier molecular flexibility index (Phi) is 8.91. The van der Waals surface area contributed by atoms with E-state index in [9.17, 15) is 4.79 Å². The molecular formula is C14H20Br2N2O3. The van der Waals surface area contributed by atoms with Crippen LogP contribution in [-0.2, 0) is 16.1 Å². The first-order valence-corrected chi connectivity index (χ1v) is 8.24. The first-order valence-electron chi connectivity index (χ1n) is 6.65. The van der Waals surface area contributed by atoms with Crippen LogP contribution in [0.25, 0.3) is 0 Å². The Hall–Kier alpha value is -0.630. The van der Waals surface area contributed by atoms with Crippen molar-refractivity contribution in [1.29, 1.82) is 0 Å². The van der Waals surface area contributed by atoms with Crippen LogP contribution in [0.5, 0.6) is 5.75 Å². The zero-order valence-corrected chi connectivity index (χ0v) is 15.3. The summed E-state index contributed by atoms with van der Waals surface area (Å²) in [5.74, 6) is 0.743. The third kappa shape index (κ3) is 6.78. The summed E-state index contributed by atoms with van der Waals surface area (Å²) in [5.41, 5.74) is 0.989. The number of nitrogens with one attached hydrogen (secondary N) is 2. The molecular weight excluding hydrogens is 404 g/mol. The molecule has 0 aliphatic heterocycles. The number of carbonyl (C=O) groups excluding carboxylic acids is 1. The van der Waals surface area contributed by atoms with Crippen molar-refractivity contribution >= 4 is 37.8 Å². The molecule has 0 bridgehead atoms. The van der Waals surface area contributed by atoms with Crippen LogP contribution in [0.2, 0.25) is 0 Å². The maximum atomic E-state index is 11.6. The van der Waals surface area contributed by atoms with E-state index in [0.29, 0.717) is 26.3 Å². The van der Waals surface area contributed by atoms with Crippen molar-refractivity contribution in [1.82, 2.24) is 10.6 Å². The summed E-state index contributed by atoms with van der Waals surface area (Å²) < 4.78 is 12.4. The van der Waals surface area contributed by atoms with Gasteiger partial charge >= 0.3 is 0 Å². The maximum Gasteiger partial charge on any atom is 0.234 e. The van der Waals surface area contributed by atoms with Gasteiger partial charge in [0.15, 0.2) is 0 Å². The van der Waals surface area contributed by atoms with Crippen molar-refractivity contribution in [2.75, 3.05) is 33.4 Å². The van der Waals surface area contributed by atoms with Gasteiger partial charge in [-0.15, -0.1) is 0 Å². The summed E-state index contributed by atoms with van der Waals surface area (Å²) in [5, 5.41) is 5.86. The van der Waals surface area contributed by atoms with Gasteiger partial charge < -0.3 is 20.1 Å². The quantitative estimate of drug-likeness (QED) is 0.599. The molecule has 7 heteroatoms. The molecule has 0 fully saturated rings. The third-order valence-electron chi connectivity index (χ3n) is 2.60. The first-order chi connectivity index (χ1) is 10.1. The van der Waals surface area contributed by atoms with Crippen molar-refractivity contribution in [3.05, 3.63) is 26.6 Å². The van der Waals surface area contributed by atoms with Crippen LogP contribution in [0.15, 0.2) is 21.1 Å². The Morgan fingerprint density at radius 1 is 1.33 bits per heavy atom. The summed E-state index contributed by atoms with van der Waals surface area (Å²) in [6, 6.07) is 3.91. The van der Waals surface area contributed by atoms with Crippen LogP contribution in [-0.4, -0.2) is 39.3 Å². The topological polar surface area (TPSA) is 59.6 Å². The average Bonchev–Trinajstić information content (AvgIpc) is 2.43. The maximum absolute atomic E-state index is 11.6. The van der Waals surface area contributed by atoms with Gasteiger partial charge in [0.25, 0.3) is 0 Å². The first kappa shape index (κ1) is 18.4. The summed E-state index contributed by atoms with van der Waals surface area (Å²) >= 11 is 6.94. The molecule has 0 spiro atoms. The molecule has 1 rings (SSSR count). The molecule has 0 saturated heterocycles. The molecule has 1 amide bonds. The van der Waals surface area contributed by atoms with Crippen molar-refractivity contribution in [2.45, 2.75) is 13.5 Å². The Morgan fingerprint density at radius 3 is 2.76 bits per heavy atom. The lowest BCUT2D eigenvalue weighted by atomic mass is 10.2. The largest absolute Gasteiger partial charge is 0.492 e. The molecule has 0 heterocycles. The van der Waals surface area contributed by atoms with E-state index in [1.807, 2.05) is 19.1 Å². The highest BCUT2D eigenvalue weighted by molar-refractivity contribution is 9.11. The van der Waals surface area contributed by atoms with Gasteiger partial charge in [-0.25, -0.2) is 0 Å². The smallest absolute Gasteiger partial charge is 0.234 e. The number of ether oxygens (including phenoxy) is 2. The molecule has 0 aliphatic carbocycles. The van der Waals surface area contributed by atoms with Crippen molar-refractivity contribution in [3.63, 3.8) is 0 Å². The fourth-order valence-corrected chi connectivity index (χ4v) is 3.14. The normalized spacial score (nSPS) is 10.5. The van der Waals surface area contributed by atoms with Crippen LogP contribution in [0, 0.1) is 0 Å². The van der Waals surface area contributed by atoms with Crippen LogP contribution in [0.3, 0.4) is 0 Å². The van der Waals surface area contributed by atoms with Gasteiger partial charge in [-0.2, -0.15) is 0 Å². The zero-order valence-electron chi connectivity index (χ0n) is 12.2. The van der Waals surface area contributed by atoms with E-state index >= 15 is 0 Å². The van der Waals surface area contributed by atoms with Crippen molar-refractivity contribution in [2.24, 2.45) is 0 Å². The van der Waals surface area contributed by atoms with Gasteiger partial charge in [-0.3, -0.25) is 4.79 Å². The molecule has 118 valence electrons. The van der Waals surface area contributed by atoms with Gasteiger partial charge in [-0.1, -0.05) is 15.9 Å².